The molecule has 1 N–H and O–H groups in total. The van der Waals surface area contributed by atoms with E-state index in [1.807, 2.05) is 24.3 Å². The SMILES string of the molecule is CC(CC(=O)c1cccc(Br)c1)N1CCNCC1. The number of piperazine rings is 1. The number of carbonyl (C=O) groups is 1. The highest BCUT2D eigenvalue weighted by Gasteiger charge is 2.19. The van der Waals surface area contributed by atoms with Gasteiger partial charge in [0, 0.05) is 48.7 Å². The van der Waals surface area contributed by atoms with Crippen molar-refractivity contribution in [3.05, 3.63) is 34.3 Å². The van der Waals surface area contributed by atoms with Gasteiger partial charge in [-0.25, -0.2) is 0 Å². The number of carbonyl (C=O) groups excluding carboxylic acids is 1. The van der Waals surface area contributed by atoms with Crippen LogP contribution in [0.2, 0.25) is 0 Å². The lowest BCUT2D eigenvalue weighted by Crippen LogP contribution is -2.48. The molecule has 1 fully saturated rings. The van der Waals surface area contributed by atoms with E-state index in [1.54, 1.807) is 0 Å². The molecule has 1 aliphatic rings. The lowest BCUT2D eigenvalue weighted by atomic mass is 10.0. The van der Waals surface area contributed by atoms with E-state index in [0.717, 1.165) is 36.2 Å². The van der Waals surface area contributed by atoms with Crippen molar-refractivity contribution in [2.24, 2.45) is 0 Å². The predicted molar refractivity (Wildman–Crippen MR) is 77.0 cm³/mol. The fourth-order valence-corrected chi connectivity index (χ4v) is 2.70. The fraction of sp³-hybridized carbons (Fsp3) is 0.500. The zero-order valence-electron chi connectivity index (χ0n) is 10.7. The Hall–Kier alpha value is -0.710. The van der Waals surface area contributed by atoms with Crippen LogP contribution < -0.4 is 5.32 Å². The first-order valence-corrected chi connectivity index (χ1v) is 7.19. The van der Waals surface area contributed by atoms with Crippen LogP contribution in [0.25, 0.3) is 0 Å². The summed E-state index contributed by atoms with van der Waals surface area (Å²) in [6, 6.07) is 7.95. The Kier molecular flexibility index (Phi) is 4.92. The van der Waals surface area contributed by atoms with Gasteiger partial charge in [-0.3, -0.25) is 9.69 Å². The molecule has 0 aromatic heterocycles. The summed E-state index contributed by atoms with van der Waals surface area (Å²) in [5, 5.41) is 3.33. The number of nitrogens with zero attached hydrogens (tertiary/aromatic N) is 1. The quantitative estimate of drug-likeness (QED) is 0.866. The average Bonchev–Trinajstić information content (AvgIpc) is 2.39. The average molecular weight is 311 g/mol. The van der Waals surface area contributed by atoms with E-state index in [-0.39, 0.29) is 5.78 Å². The first-order chi connectivity index (χ1) is 8.66. The molecule has 1 heterocycles. The van der Waals surface area contributed by atoms with Gasteiger partial charge in [-0.05, 0) is 19.1 Å². The van der Waals surface area contributed by atoms with Gasteiger partial charge in [-0.15, -0.1) is 0 Å². The molecule has 3 nitrogen and oxygen atoms in total. The van der Waals surface area contributed by atoms with Gasteiger partial charge in [0.05, 0.1) is 0 Å². The van der Waals surface area contributed by atoms with E-state index in [4.69, 9.17) is 0 Å². The van der Waals surface area contributed by atoms with Crippen LogP contribution in [0.5, 0.6) is 0 Å². The second-order valence-electron chi connectivity index (χ2n) is 4.77. The van der Waals surface area contributed by atoms with Gasteiger partial charge in [0.25, 0.3) is 0 Å². The van der Waals surface area contributed by atoms with Gasteiger partial charge >= 0.3 is 0 Å². The maximum Gasteiger partial charge on any atom is 0.164 e. The number of ketones is 1. The minimum Gasteiger partial charge on any atom is -0.314 e. The molecular weight excluding hydrogens is 292 g/mol. The largest absolute Gasteiger partial charge is 0.314 e. The maximum atomic E-state index is 12.2. The molecule has 1 aromatic carbocycles. The third-order valence-electron chi connectivity index (χ3n) is 3.40. The maximum absolute atomic E-state index is 12.2. The summed E-state index contributed by atoms with van der Waals surface area (Å²) in [6.45, 7) is 6.26. The predicted octanol–water partition coefficient (Wildman–Crippen LogP) is 2.32. The van der Waals surface area contributed by atoms with E-state index >= 15 is 0 Å². The standard InChI is InChI=1S/C14H19BrN2O/c1-11(17-7-5-16-6-8-17)9-14(18)12-3-2-4-13(15)10-12/h2-4,10-11,16H,5-9H2,1H3. The van der Waals surface area contributed by atoms with Gasteiger partial charge in [0.1, 0.15) is 0 Å². The fourth-order valence-electron chi connectivity index (χ4n) is 2.30. The number of nitrogens with one attached hydrogen (secondary N) is 1. The van der Waals surface area contributed by atoms with Crippen LogP contribution >= 0.6 is 15.9 Å². The topological polar surface area (TPSA) is 32.3 Å². The van der Waals surface area contributed by atoms with E-state index in [0.29, 0.717) is 12.5 Å². The number of Topliss-reactive ketones (excluding diaryl/α,β-unsaturated/α-hetero) is 1. The van der Waals surface area contributed by atoms with E-state index in [2.05, 4.69) is 33.1 Å². The number of benzene rings is 1. The van der Waals surface area contributed by atoms with E-state index in [1.165, 1.54) is 0 Å². The second-order valence-corrected chi connectivity index (χ2v) is 5.69. The summed E-state index contributed by atoms with van der Waals surface area (Å²) < 4.78 is 0.961. The van der Waals surface area contributed by atoms with Crippen molar-refractivity contribution >= 4 is 21.7 Å². The monoisotopic (exact) mass is 310 g/mol. The number of halogens is 1. The van der Waals surface area contributed by atoms with Crippen LogP contribution in [-0.4, -0.2) is 42.9 Å². The molecule has 0 saturated carbocycles. The van der Waals surface area contributed by atoms with Gasteiger partial charge in [-0.1, -0.05) is 28.1 Å². The van der Waals surface area contributed by atoms with Crippen LogP contribution in [0.15, 0.2) is 28.7 Å². The number of hydrogen-bond donors (Lipinski definition) is 1. The third kappa shape index (κ3) is 3.64. The first kappa shape index (κ1) is 13.7. The molecule has 1 saturated heterocycles. The molecule has 98 valence electrons. The molecule has 1 unspecified atom stereocenters. The van der Waals surface area contributed by atoms with Gasteiger partial charge in [0.2, 0.25) is 0 Å². The van der Waals surface area contributed by atoms with Crippen molar-refractivity contribution < 1.29 is 4.79 Å². The summed E-state index contributed by atoms with van der Waals surface area (Å²) in [7, 11) is 0. The van der Waals surface area contributed by atoms with Crippen molar-refractivity contribution in [1.29, 1.82) is 0 Å². The minimum absolute atomic E-state index is 0.224. The molecule has 1 atom stereocenters. The molecule has 0 radical (unpaired) electrons. The molecular formula is C14H19BrN2O. The molecule has 2 rings (SSSR count). The summed E-state index contributed by atoms with van der Waals surface area (Å²) in [5.41, 5.74) is 0.798. The Morgan fingerprint density at radius 1 is 1.44 bits per heavy atom. The third-order valence-corrected chi connectivity index (χ3v) is 3.90. The van der Waals surface area contributed by atoms with E-state index in [9.17, 15) is 4.79 Å². The Morgan fingerprint density at radius 3 is 2.83 bits per heavy atom. The minimum atomic E-state index is 0.224. The molecule has 1 aliphatic heterocycles. The van der Waals surface area contributed by atoms with Crippen molar-refractivity contribution in [3.63, 3.8) is 0 Å². The lowest BCUT2D eigenvalue weighted by Gasteiger charge is -2.32. The Bertz CT molecular complexity index is 416. The highest BCUT2D eigenvalue weighted by Crippen LogP contribution is 2.15. The van der Waals surface area contributed by atoms with Crippen molar-refractivity contribution in [1.82, 2.24) is 10.2 Å². The van der Waals surface area contributed by atoms with Crippen molar-refractivity contribution in [2.75, 3.05) is 26.2 Å². The molecule has 0 aliphatic carbocycles. The molecule has 0 amide bonds. The number of hydrogen-bond acceptors (Lipinski definition) is 3. The summed E-state index contributed by atoms with van der Waals surface area (Å²) in [5.74, 6) is 0.224. The van der Waals surface area contributed by atoms with Crippen molar-refractivity contribution in [3.8, 4) is 0 Å². The van der Waals surface area contributed by atoms with Crippen LogP contribution in [0, 0.1) is 0 Å². The highest BCUT2D eigenvalue weighted by molar-refractivity contribution is 9.10. The van der Waals surface area contributed by atoms with Crippen LogP contribution in [0.4, 0.5) is 0 Å². The summed E-state index contributed by atoms with van der Waals surface area (Å²) in [6.07, 6.45) is 0.594. The molecule has 1 aromatic rings. The molecule has 4 heteroatoms. The van der Waals surface area contributed by atoms with Crippen LogP contribution in [0.3, 0.4) is 0 Å². The zero-order chi connectivity index (χ0) is 13.0. The first-order valence-electron chi connectivity index (χ1n) is 6.40. The van der Waals surface area contributed by atoms with Gasteiger partial charge < -0.3 is 5.32 Å². The van der Waals surface area contributed by atoms with Crippen LogP contribution in [-0.2, 0) is 0 Å². The molecule has 18 heavy (non-hydrogen) atoms. The normalized spacial score (nSPS) is 18.6. The summed E-state index contributed by atoms with van der Waals surface area (Å²) in [4.78, 5) is 14.6. The van der Waals surface area contributed by atoms with E-state index < -0.39 is 0 Å². The summed E-state index contributed by atoms with van der Waals surface area (Å²) >= 11 is 3.40. The number of rotatable bonds is 4. The van der Waals surface area contributed by atoms with Gasteiger partial charge in [-0.2, -0.15) is 0 Å². The second kappa shape index (κ2) is 6.45. The zero-order valence-corrected chi connectivity index (χ0v) is 12.2. The lowest BCUT2D eigenvalue weighted by molar-refractivity contribution is 0.0918. The molecule has 0 spiro atoms. The Balaban J connectivity index is 1.94. The van der Waals surface area contributed by atoms with Crippen LogP contribution in [0.1, 0.15) is 23.7 Å². The van der Waals surface area contributed by atoms with Gasteiger partial charge in [0.15, 0.2) is 5.78 Å². The highest BCUT2D eigenvalue weighted by atomic mass is 79.9. The molecule has 0 bridgehead atoms. The van der Waals surface area contributed by atoms with Crippen molar-refractivity contribution in [2.45, 2.75) is 19.4 Å². The Labute approximate surface area is 117 Å². The Morgan fingerprint density at radius 2 is 2.17 bits per heavy atom. The smallest absolute Gasteiger partial charge is 0.164 e.